The van der Waals surface area contributed by atoms with Crippen LogP contribution in [0.1, 0.15) is 34.4 Å². The van der Waals surface area contributed by atoms with Crippen LogP contribution in [0.2, 0.25) is 0 Å². The quantitative estimate of drug-likeness (QED) is 0.588. The van der Waals surface area contributed by atoms with Gasteiger partial charge in [-0.3, -0.25) is 4.79 Å². The third-order valence-electron chi connectivity index (χ3n) is 5.22. The molecule has 0 aliphatic carbocycles. The van der Waals surface area contributed by atoms with E-state index in [0.29, 0.717) is 50.1 Å². The van der Waals surface area contributed by atoms with Crippen LogP contribution >= 0.6 is 0 Å². The third-order valence-corrected chi connectivity index (χ3v) is 5.22. The number of piperazine rings is 1. The zero-order chi connectivity index (χ0) is 22.3. The molecule has 162 valence electrons. The molecule has 3 aromatic rings. The Bertz CT molecular complexity index is 1120. The smallest absolute Gasteiger partial charge is 0.253 e. The predicted molar refractivity (Wildman–Crippen MR) is 122 cm³/mol. The van der Waals surface area contributed by atoms with Crippen LogP contribution in [-0.2, 0) is 0 Å². The van der Waals surface area contributed by atoms with Gasteiger partial charge < -0.3 is 19.0 Å². The first-order chi connectivity index (χ1) is 15.7. The molecule has 32 heavy (non-hydrogen) atoms. The van der Waals surface area contributed by atoms with Crippen LogP contribution in [0, 0.1) is 11.3 Å². The molecule has 0 bridgehead atoms. The summed E-state index contributed by atoms with van der Waals surface area (Å²) < 4.78 is 11.3. The van der Waals surface area contributed by atoms with Crippen molar-refractivity contribution in [3.8, 4) is 11.8 Å². The molecule has 0 saturated carbocycles. The molecule has 2 heterocycles. The number of anilines is 1. The van der Waals surface area contributed by atoms with Gasteiger partial charge in [-0.2, -0.15) is 10.2 Å². The van der Waals surface area contributed by atoms with Gasteiger partial charge in [-0.05, 0) is 42.8 Å². The molecule has 1 aromatic heterocycles. The van der Waals surface area contributed by atoms with Gasteiger partial charge in [0.2, 0.25) is 17.5 Å². The number of nitrogens with zero attached hydrogens (tertiary/aromatic N) is 4. The Morgan fingerprint density at radius 3 is 2.47 bits per heavy atom. The van der Waals surface area contributed by atoms with Crippen molar-refractivity contribution in [2.75, 3.05) is 37.7 Å². The number of aromatic nitrogens is 1. The summed E-state index contributed by atoms with van der Waals surface area (Å²) in [7, 11) is 0. The Morgan fingerprint density at radius 2 is 1.81 bits per heavy atom. The van der Waals surface area contributed by atoms with Crippen LogP contribution in [0.5, 0.6) is 5.75 Å². The minimum Gasteiger partial charge on any atom is -0.494 e. The average molecular weight is 428 g/mol. The van der Waals surface area contributed by atoms with Crippen LogP contribution in [0.25, 0.3) is 12.2 Å². The Balaban J connectivity index is 1.41. The van der Waals surface area contributed by atoms with E-state index < -0.39 is 0 Å². The van der Waals surface area contributed by atoms with Crippen LogP contribution < -0.4 is 9.64 Å². The zero-order valence-electron chi connectivity index (χ0n) is 17.9. The predicted octanol–water partition coefficient (Wildman–Crippen LogP) is 4.08. The van der Waals surface area contributed by atoms with Gasteiger partial charge in [0.1, 0.15) is 11.8 Å². The number of benzene rings is 2. The number of carbonyl (C=O) groups is 1. The summed E-state index contributed by atoms with van der Waals surface area (Å²) in [6.07, 6.45) is 3.62. The lowest BCUT2D eigenvalue weighted by Gasteiger charge is -2.34. The van der Waals surface area contributed by atoms with Crippen LogP contribution in [0.15, 0.2) is 59.0 Å². The van der Waals surface area contributed by atoms with E-state index in [0.717, 1.165) is 11.3 Å². The molecule has 7 nitrogen and oxygen atoms in total. The lowest BCUT2D eigenvalue weighted by atomic mass is 10.2. The maximum atomic E-state index is 12.6. The number of amides is 1. The summed E-state index contributed by atoms with van der Waals surface area (Å²) in [4.78, 5) is 20.7. The van der Waals surface area contributed by atoms with Crippen molar-refractivity contribution in [2.24, 2.45) is 0 Å². The summed E-state index contributed by atoms with van der Waals surface area (Å²) in [6.45, 7) is 4.82. The van der Waals surface area contributed by atoms with Crippen molar-refractivity contribution in [1.82, 2.24) is 9.88 Å². The van der Waals surface area contributed by atoms with Gasteiger partial charge in [-0.1, -0.05) is 30.3 Å². The van der Waals surface area contributed by atoms with E-state index in [4.69, 9.17) is 9.15 Å². The first kappa shape index (κ1) is 21.2. The lowest BCUT2D eigenvalue weighted by Crippen LogP contribution is -2.48. The highest BCUT2D eigenvalue weighted by Gasteiger charge is 2.26. The molecule has 1 amide bonds. The average Bonchev–Trinajstić information content (AvgIpc) is 3.27. The number of hydrogen-bond donors (Lipinski definition) is 0. The topological polar surface area (TPSA) is 82.6 Å². The van der Waals surface area contributed by atoms with E-state index in [1.807, 2.05) is 77.4 Å². The number of hydrogen-bond acceptors (Lipinski definition) is 6. The highest BCUT2D eigenvalue weighted by atomic mass is 16.5. The van der Waals surface area contributed by atoms with Gasteiger partial charge in [-0.25, -0.2) is 0 Å². The minimum absolute atomic E-state index is 0.0160. The van der Waals surface area contributed by atoms with Crippen LogP contribution in [-0.4, -0.2) is 48.6 Å². The number of carbonyl (C=O) groups excluding carboxylic acids is 1. The molecule has 0 atom stereocenters. The molecule has 7 heteroatoms. The van der Waals surface area contributed by atoms with Gasteiger partial charge in [0.05, 0.1) is 6.61 Å². The number of oxazole rings is 1. The molecular formula is C25H24N4O3. The van der Waals surface area contributed by atoms with Gasteiger partial charge in [0.25, 0.3) is 5.91 Å². The Kier molecular flexibility index (Phi) is 6.52. The first-order valence-corrected chi connectivity index (χ1v) is 10.6. The Hall–Kier alpha value is -4.05. The maximum Gasteiger partial charge on any atom is 0.253 e. The van der Waals surface area contributed by atoms with Gasteiger partial charge >= 0.3 is 0 Å². The van der Waals surface area contributed by atoms with E-state index in [1.165, 1.54) is 0 Å². The lowest BCUT2D eigenvalue weighted by molar-refractivity contribution is 0.0745. The molecule has 1 aliphatic rings. The van der Waals surface area contributed by atoms with Gasteiger partial charge in [0.15, 0.2) is 0 Å². The summed E-state index contributed by atoms with van der Waals surface area (Å²) in [6, 6.07) is 19.1. The highest BCUT2D eigenvalue weighted by Crippen LogP contribution is 2.25. The van der Waals surface area contributed by atoms with E-state index in [2.05, 4.69) is 11.1 Å². The molecule has 1 fully saturated rings. The number of nitriles is 1. The zero-order valence-corrected chi connectivity index (χ0v) is 17.9. The number of rotatable bonds is 6. The molecule has 0 spiro atoms. The SMILES string of the molecule is CCOc1ccc(/C=C/c2nc(C#N)c(N3CCN(C(=O)c4ccccc4)CC3)o2)cc1. The fourth-order valence-electron chi connectivity index (χ4n) is 3.57. The van der Waals surface area contributed by atoms with E-state index in [-0.39, 0.29) is 11.6 Å². The van der Waals surface area contributed by atoms with Crippen molar-refractivity contribution in [1.29, 1.82) is 5.26 Å². The van der Waals surface area contributed by atoms with Crippen molar-refractivity contribution < 1.29 is 13.9 Å². The largest absolute Gasteiger partial charge is 0.494 e. The van der Waals surface area contributed by atoms with Crippen molar-refractivity contribution in [3.05, 3.63) is 77.3 Å². The second-order valence-electron chi connectivity index (χ2n) is 7.30. The summed E-state index contributed by atoms with van der Waals surface area (Å²) in [5, 5.41) is 9.52. The summed E-state index contributed by atoms with van der Waals surface area (Å²) in [5.41, 5.74) is 1.90. The van der Waals surface area contributed by atoms with Crippen molar-refractivity contribution in [3.63, 3.8) is 0 Å². The first-order valence-electron chi connectivity index (χ1n) is 10.6. The number of ether oxygens (including phenoxy) is 1. The van der Waals surface area contributed by atoms with Gasteiger partial charge in [0, 0.05) is 37.8 Å². The summed E-state index contributed by atoms with van der Waals surface area (Å²) in [5.74, 6) is 1.65. The van der Waals surface area contributed by atoms with Crippen LogP contribution in [0.4, 0.5) is 5.88 Å². The van der Waals surface area contributed by atoms with E-state index >= 15 is 0 Å². The van der Waals surface area contributed by atoms with E-state index in [1.54, 1.807) is 6.08 Å². The molecule has 2 aromatic carbocycles. The fourth-order valence-corrected chi connectivity index (χ4v) is 3.57. The van der Waals surface area contributed by atoms with Crippen molar-refractivity contribution >= 4 is 23.9 Å². The normalized spacial score (nSPS) is 13.9. The molecular weight excluding hydrogens is 404 g/mol. The van der Waals surface area contributed by atoms with E-state index in [9.17, 15) is 10.1 Å². The minimum atomic E-state index is 0.0160. The molecule has 0 N–H and O–H groups in total. The summed E-state index contributed by atoms with van der Waals surface area (Å²) >= 11 is 0. The molecule has 0 radical (unpaired) electrons. The molecule has 4 rings (SSSR count). The van der Waals surface area contributed by atoms with Crippen LogP contribution in [0.3, 0.4) is 0 Å². The monoisotopic (exact) mass is 428 g/mol. The third kappa shape index (κ3) is 4.81. The standard InChI is InChI=1S/C25H24N4O3/c1-2-31-21-11-8-19(9-12-21)10-13-23-27-22(18-26)25(32-23)29-16-14-28(15-17-29)24(30)20-6-4-3-5-7-20/h3-13H,2,14-17H2,1H3/b13-10+. The molecule has 1 saturated heterocycles. The second-order valence-corrected chi connectivity index (χ2v) is 7.30. The van der Waals surface area contributed by atoms with Crippen molar-refractivity contribution in [2.45, 2.75) is 6.92 Å². The molecule has 1 aliphatic heterocycles. The highest BCUT2D eigenvalue weighted by molar-refractivity contribution is 5.94. The molecule has 0 unspecified atom stereocenters. The maximum absolute atomic E-state index is 12.6. The second kappa shape index (κ2) is 9.84. The fraction of sp³-hybridized carbons (Fsp3) is 0.240. The Labute approximate surface area is 187 Å². The Morgan fingerprint density at radius 1 is 1.09 bits per heavy atom. The van der Waals surface area contributed by atoms with Gasteiger partial charge in [-0.15, -0.1) is 0 Å².